The van der Waals surface area contributed by atoms with Gasteiger partial charge in [-0.25, -0.2) is 0 Å². The number of rotatable bonds is 8. The summed E-state index contributed by atoms with van der Waals surface area (Å²) in [6, 6.07) is 13.2. The van der Waals surface area contributed by atoms with Crippen molar-refractivity contribution < 1.29 is 19.0 Å². The molecule has 27 heavy (non-hydrogen) atoms. The monoisotopic (exact) mass is 369 g/mol. The lowest BCUT2D eigenvalue weighted by molar-refractivity contribution is 0.0679. The number of nitrogens with one attached hydrogen (secondary N) is 1. The molecule has 0 bridgehead atoms. The molecule has 5 nitrogen and oxygen atoms in total. The molecular formula is C22H27NO4. The number of benzene rings is 2. The summed E-state index contributed by atoms with van der Waals surface area (Å²) in [5, 5.41) is 2.88. The van der Waals surface area contributed by atoms with Gasteiger partial charge in [-0.2, -0.15) is 0 Å². The molecule has 2 aromatic rings. The minimum absolute atomic E-state index is 0.120. The van der Waals surface area contributed by atoms with E-state index in [2.05, 4.69) is 5.32 Å². The highest BCUT2D eigenvalue weighted by Gasteiger charge is 2.16. The standard InChI is InChI=1S/C22H27NO4/c1-16-5-3-6-17(2)21(16)26-14-12-23-22(24)18-8-10-19(11-9-18)27-15-20-7-4-13-25-20/h3,5-6,8-11,20H,4,7,12-15H2,1-2H3,(H,23,24). The van der Waals surface area contributed by atoms with E-state index in [0.717, 1.165) is 42.1 Å². The van der Waals surface area contributed by atoms with Crippen molar-refractivity contribution in [2.24, 2.45) is 0 Å². The number of para-hydroxylation sites is 1. The molecule has 0 saturated carbocycles. The smallest absolute Gasteiger partial charge is 0.251 e. The molecular weight excluding hydrogens is 342 g/mol. The van der Waals surface area contributed by atoms with Crippen LogP contribution in [0.3, 0.4) is 0 Å². The lowest BCUT2D eigenvalue weighted by Crippen LogP contribution is -2.28. The van der Waals surface area contributed by atoms with Crippen LogP contribution in [0.2, 0.25) is 0 Å². The maximum atomic E-state index is 12.2. The third-order valence-corrected chi connectivity index (χ3v) is 4.62. The molecule has 3 rings (SSSR count). The van der Waals surface area contributed by atoms with Gasteiger partial charge < -0.3 is 19.5 Å². The summed E-state index contributed by atoms with van der Waals surface area (Å²) < 4.78 is 17.1. The highest BCUT2D eigenvalue weighted by atomic mass is 16.5. The SMILES string of the molecule is Cc1cccc(C)c1OCCNC(=O)c1ccc(OCC2CCCO2)cc1. The van der Waals surface area contributed by atoms with Gasteiger partial charge in [0, 0.05) is 12.2 Å². The Morgan fingerprint density at radius 1 is 1.11 bits per heavy atom. The van der Waals surface area contributed by atoms with Crippen molar-refractivity contribution in [3.05, 3.63) is 59.2 Å². The molecule has 1 amide bonds. The number of carbonyl (C=O) groups excluding carboxylic acids is 1. The summed E-state index contributed by atoms with van der Waals surface area (Å²) in [7, 11) is 0. The first-order valence-corrected chi connectivity index (χ1v) is 9.45. The lowest BCUT2D eigenvalue weighted by Gasteiger charge is -2.13. The number of ether oxygens (including phenoxy) is 3. The molecule has 5 heteroatoms. The van der Waals surface area contributed by atoms with Gasteiger partial charge in [0.15, 0.2) is 0 Å². The summed E-state index contributed by atoms with van der Waals surface area (Å²) in [4.78, 5) is 12.2. The first-order chi connectivity index (χ1) is 13.1. The molecule has 0 spiro atoms. The van der Waals surface area contributed by atoms with Crippen molar-refractivity contribution in [1.82, 2.24) is 5.32 Å². The van der Waals surface area contributed by atoms with Gasteiger partial charge in [0.05, 0.1) is 12.6 Å². The van der Waals surface area contributed by atoms with Crippen molar-refractivity contribution in [2.45, 2.75) is 32.8 Å². The predicted molar refractivity (Wildman–Crippen MR) is 105 cm³/mol. The van der Waals surface area contributed by atoms with E-state index in [4.69, 9.17) is 14.2 Å². The molecule has 1 N–H and O–H groups in total. The van der Waals surface area contributed by atoms with E-state index in [0.29, 0.717) is 25.3 Å². The molecule has 1 fully saturated rings. The number of hydrogen-bond donors (Lipinski definition) is 1. The Balaban J connectivity index is 1.41. The van der Waals surface area contributed by atoms with Crippen LogP contribution in [0.5, 0.6) is 11.5 Å². The maximum Gasteiger partial charge on any atom is 0.251 e. The molecule has 0 aromatic heterocycles. The van der Waals surface area contributed by atoms with Gasteiger partial charge in [-0.15, -0.1) is 0 Å². The summed E-state index contributed by atoms with van der Waals surface area (Å²) in [5.74, 6) is 1.52. The zero-order valence-corrected chi connectivity index (χ0v) is 16.0. The third-order valence-electron chi connectivity index (χ3n) is 4.62. The van der Waals surface area contributed by atoms with Gasteiger partial charge in [0.1, 0.15) is 24.7 Å². The maximum absolute atomic E-state index is 12.2. The molecule has 2 aromatic carbocycles. The summed E-state index contributed by atoms with van der Waals surface area (Å²) in [5.41, 5.74) is 2.80. The van der Waals surface area contributed by atoms with E-state index in [1.165, 1.54) is 0 Å². The van der Waals surface area contributed by atoms with Crippen LogP contribution in [0.25, 0.3) is 0 Å². The van der Waals surface area contributed by atoms with Crippen LogP contribution in [-0.2, 0) is 4.74 Å². The first-order valence-electron chi connectivity index (χ1n) is 9.45. The second-order valence-corrected chi connectivity index (χ2v) is 6.80. The normalized spacial score (nSPS) is 16.1. The molecule has 0 aliphatic carbocycles. The van der Waals surface area contributed by atoms with Crippen LogP contribution in [0.4, 0.5) is 0 Å². The van der Waals surface area contributed by atoms with Crippen LogP contribution in [0.1, 0.15) is 34.3 Å². The predicted octanol–water partition coefficient (Wildman–Crippen LogP) is 3.67. The summed E-state index contributed by atoms with van der Waals surface area (Å²) in [6.45, 7) is 6.29. The van der Waals surface area contributed by atoms with E-state index >= 15 is 0 Å². The molecule has 1 atom stereocenters. The second kappa shape index (κ2) is 9.42. The zero-order valence-electron chi connectivity index (χ0n) is 16.0. The third kappa shape index (κ3) is 5.47. The molecule has 1 heterocycles. The van der Waals surface area contributed by atoms with E-state index in [1.54, 1.807) is 12.1 Å². The van der Waals surface area contributed by atoms with E-state index in [-0.39, 0.29) is 12.0 Å². The highest BCUT2D eigenvalue weighted by Crippen LogP contribution is 2.22. The van der Waals surface area contributed by atoms with Crippen LogP contribution in [0.15, 0.2) is 42.5 Å². The molecule has 1 unspecified atom stereocenters. The number of amides is 1. The average Bonchev–Trinajstić information content (AvgIpc) is 3.19. The van der Waals surface area contributed by atoms with Crippen LogP contribution >= 0.6 is 0 Å². The molecule has 1 aliphatic rings. The average molecular weight is 369 g/mol. The fourth-order valence-corrected chi connectivity index (χ4v) is 3.11. The summed E-state index contributed by atoms with van der Waals surface area (Å²) >= 11 is 0. The molecule has 144 valence electrons. The van der Waals surface area contributed by atoms with E-state index < -0.39 is 0 Å². The Labute approximate surface area is 160 Å². The Kier molecular flexibility index (Phi) is 6.71. The van der Waals surface area contributed by atoms with Gasteiger partial charge in [-0.05, 0) is 62.1 Å². The van der Waals surface area contributed by atoms with Crippen molar-refractivity contribution in [3.63, 3.8) is 0 Å². The summed E-state index contributed by atoms with van der Waals surface area (Å²) in [6.07, 6.45) is 2.33. The van der Waals surface area contributed by atoms with Crippen molar-refractivity contribution in [3.8, 4) is 11.5 Å². The topological polar surface area (TPSA) is 56.8 Å². The minimum Gasteiger partial charge on any atom is -0.491 e. The highest BCUT2D eigenvalue weighted by molar-refractivity contribution is 5.94. The van der Waals surface area contributed by atoms with E-state index in [9.17, 15) is 4.79 Å². The van der Waals surface area contributed by atoms with Crippen molar-refractivity contribution >= 4 is 5.91 Å². The van der Waals surface area contributed by atoms with Gasteiger partial charge in [0.25, 0.3) is 5.91 Å². The molecule has 0 radical (unpaired) electrons. The second-order valence-electron chi connectivity index (χ2n) is 6.80. The quantitative estimate of drug-likeness (QED) is 0.722. The first kappa shape index (κ1) is 19.2. The van der Waals surface area contributed by atoms with Gasteiger partial charge in [0.2, 0.25) is 0 Å². The Morgan fingerprint density at radius 3 is 2.52 bits per heavy atom. The fourth-order valence-electron chi connectivity index (χ4n) is 3.11. The Hall–Kier alpha value is -2.53. The number of aryl methyl sites for hydroxylation is 2. The van der Waals surface area contributed by atoms with Crippen LogP contribution in [-0.4, -0.2) is 38.4 Å². The van der Waals surface area contributed by atoms with E-state index in [1.807, 2.05) is 44.2 Å². The Morgan fingerprint density at radius 2 is 1.85 bits per heavy atom. The van der Waals surface area contributed by atoms with Crippen molar-refractivity contribution in [2.75, 3.05) is 26.4 Å². The fraction of sp³-hybridized carbons (Fsp3) is 0.409. The van der Waals surface area contributed by atoms with Crippen LogP contribution < -0.4 is 14.8 Å². The number of carbonyl (C=O) groups is 1. The largest absolute Gasteiger partial charge is 0.491 e. The molecule has 1 saturated heterocycles. The van der Waals surface area contributed by atoms with Gasteiger partial charge in [-0.3, -0.25) is 4.79 Å². The Bertz CT molecular complexity index is 731. The zero-order chi connectivity index (χ0) is 19.1. The van der Waals surface area contributed by atoms with Gasteiger partial charge >= 0.3 is 0 Å². The number of hydrogen-bond acceptors (Lipinski definition) is 4. The minimum atomic E-state index is -0.120. The lowest BCUT2D eigenvalue weighted by atomic mass is 10.1. The van der Waals surface area contributed by atoms with Gasteiger partial charge in [-0.1, -0.05) is 18.2 Å². The van der Waals surface area contributed by atoms with Crippen molar-refractivity contribution in [1.29, 1.82) is 0 Å². The molecule has 1 aliphatic heterocycles. The van der Waals surface area contributed by atoms with Crippen LogP contribution in [0, 0.1) is 13.8 Å².